The number of benzene rings is 3. The van der Waals surface area contributed by atoms with Crippen LogP contribution in [0, 0.1) is 3.57 Å². The predicted octanol–water partition coefficient (Wildman–Crippen LogP) is 4.83. The summed E-state index contributed by atoms with van der Waals surface area (Å²) >= 11 is 2.00. The van der Waals surface area contributed by atoms with Crippen molar-refractivity contribution in [1.29, 1.82) is 0 Å². The summed E-state index contributed by atoms with van der Waals surface area (Å²) in [6, 6.07) is 23.9. The van der Waals surface area contributed by atoms with Crippen molar-refractivity contribution in [3.05, 3.63) is 99.3 Å². The molecule has 2 atom stereocenters. The largest absolute Gasteiger partial charge is 0.504 e. The molecule has 0 aromatic heterocycles. The van der Waals surface area contributed by atoms with Gasteiger partial charge in [-0.05, 0) is 67.3 Å². The zero-order valence-electron chi connectivity index (χ0n) is 23.5. The van der Waals surface area contributed by atoms with Gasteiger partial charge in [-0.25, -0.2) is 0 Å². The van der Waals surface area contributed by atoms with Gasteiger partial charge < -0.3 is 29.6 Å². The highest BCUT2D eigenvalue weighted by Gasteiger charge is 2.50. The van der Waals surface area contributed by atoms with E-state index in [4.69, 9.17) is 9.16 Å². The molecule has 0 spiro atoms. The molecule has 0 bridgehead atoms. The fourth-order valence-electron chi connectivity index (χ4n) is 4.86. The lowest BCUT2D eigenvalue weighted by atomic mass is 10.1. The van der Waals surface area contributed by atoms with Gasteiger partial charge in [0.05, 0.1) is 36.1 Å². The minimum atomic E-state index is -2.82. The summed E-state index contributed by atoms with van der Waals surface area (Å²) in [4.78, 5) is 0. The van der Waals surface area contributed by atoms with Gasteiger partial charge in [0.1, 0.15) is 0 Å². The van der Waals surface area contributed by atoms with E-state index in [-0.39, 0.29) is 36.8 Å². The van der Waals surface area contributed by atoms with Crippen LogP contribution in [0.3, 0.4) is 0 Å². The maximum absolute atomic E-state index is 10.8. The van der Waals surface area contributed by atoms with E-state index in [0.29, 0.717) is 20.5 Å². The van der Waals surface area contributed by atoms with Crippen LogP contribution in [-0.4, -0.2) is 55.2 Å². The van der Waals surface area contributed by atoms with E-state index in [1.54, 1.807) is 18.2 Å². The molecule has 3 aromatic rings. The highest BCUT2D eigenvalue weighted by atomic mass is 127. The van der Waals surface area contributed by atoms with Gasteiger partial charge in [0.15, 0.2) is 11.5 Å². The molecule has 40 heavy (non-hydrogen) atoms. The van der Waals surface area contributed by atoms with Gasteiger partial charge in [-0.2, -0.15) is 0 Å². The highest BCUT2D eigenvalue weighted by Crippen LogP contribution is 2.37. The van der Waals surface area contributed by atoms with Crippen molar-refractivity contribution in [2.75, 3.05) is 20.3 Å². The van der Waals surface area contributed by atoms with E-state index in [0.717, 1.165) is 10.4 Å². The van der Waals surface area contributed by atoms with Crippen molar-refractivity contribution in [2.45, 2.75) is 50.9 Å². The molecule has 0 saturated heterocycles. The van der Waals surface area contributed by atoms with E-state index in [9.17, 15) is 20.4 Å². The summed E-state index contributed by atoms with van der Waals surface area (Å²) in [5.74, 6) is 0.334. The summed E-state index contributed by atoms with van der Waals surface area (Å²) < 4.78 is 12.8. The summed E-state index contributed by atoms with van der Waals surface area (Å²) in [5, 5.41) is 42.9. The van der Waals surface area contributed by atoms with Crippen molar-refractivity contribution in [3.8, 4) is 11.5 Å². The molecule has 4 N–H and O–H groups in total. The van der Waals surface area contributed by atoms with Gasteiger partial charge in [0.25, 0.3) is 8.32 Å². The van der Waals surface area contributed by atoms with E-state index >= 15 is 0 Å². The van der Waals surface area contributed by atoms with E-state index in [2.05, 4.69) is 50.8 Å². The standard InChI is InChI=1S/C32H39IO6Si/c1-32(2,3)40(26-13-7-5-8-14-26,27-15-9-6-10-16-27)39-22-23(18-25(35)21-34)12-11-17-29(36)24-19-28(33)31(37)30(20-24)38-4/h5-11,13-16,19-20,25,29,34-37H,17-18,21-22H2,1-4H3/t12?,25-,29-/m1/s1. The molecule has 0 amide bonds. The number of aliphatic hydroxyl groups is 3. The molecule has 0 radical (unpaired) electrons. The molecular formula is C32H39IO6Si. The van der Waals surface area contributed by atoms with Crippen LogP contribution in [0.4, 0.5) is 0 Å². The first-order valence-corrected chi connectivity index (χ1v) is 16.2. The van der Waals surface area contributed by atoms with Crippen LogP contribution in [-0.2, 0) is 4.43 Å². The van der Waals surface area contributed by atoms with Crippen molar-refractivity contribution in [1.82, 2.24) is 0 Å². The number of hydrogen-bond donors (Lipinski definition) is 4. The van der Waals surface area contributed by atoms with Gasteiger partial charge in [-0.3, -0.25) is 0 Å². The minimum Gasteiger partial charge on any atom is -0.504 e. The number of methoxy groups -OCH3 is 1. The second-order valence-corrected chi connectivity index (χ2v) is 16.2. The minimum absolute atomic E-state index is 0.0373. The van der Waals surface area contributed by atoms with E-state index in [1.165, 1.54) is 7.11 Å². The molecule has 0 aliphatic heterocycles. The maximum Gasteiger partial charge on any atom is 0.261 e. The van der Waals surface area contributed by atoms with E-state index < -0.39 is 20.5 Å². The van der Waals surface area contributed by atoms with Crippen molar-refractivity contribution in [2.24, 2.45) is 0 Å². The number of aromatic hydroxyl groups is 1. The average Bonchev–Trinajstić information content (AvgIpc) is 2.94. The Bertz CT molecular complexity index is 1260. The lowest BCUT2D eigenvalue weighted by molar-refractivity contribution is 0.0933. The average molecular weight is 675 g/mol. The SMILES string of the molecule is COc1cc([C@H](O)CC=C=C(CO[Si](c2ccccc2)(c2ccccc2)C(C)(C)C)C[C@@H](O)CO)cc(I)c1O. The van der Waals surface area contributed by atoms with Gasteiger partial charge in [-0.15, -0.1) is 5.73 Å². The number of hydrogen-bond acceptors (Lipinski definition) is 6. The lowest BCUT2D eigenvalue weighted by Crippen LogP contribution is -2.66. The normalized spacial score (nSPS) is 13.3. The van der Waals surface area contributed by atoms with Crippen LogP contribution < -0.4 is 15.1 Å². The third kappa shape index (κ3) is 7.64. The summed E-state index contributed by atoms with van der Waals surface area (Å²) in [6.07, 6.45) is 0.364. The molecule has 3 rings (SSSR count). The number of rotatable bonds is 12. The highest BCUT2D eigenvalue weighted by molar-refractivity contribution is 14.1. The number of phenolic OH excluding ortho intramolecular Hbond substituents is 1. The Kier molecular flexibility index (Phi) is 11.6. The Morgan fingerprint density at radius 2 is 1.57 bits per heavy atom. The Labute approximate surface area is 251 Å². The van der Waals surface area contributed by atoms with Gasteiger partial charge in [0, 0.05) is 12.8 Å². The lowest BCUT2D eigenvalue weighted by Gasteiger charge is -2.43. The molecule has 0 heterocycles. The summed E-state index contributed by atoms with van der Waals surface area (Å²) in [5.41, 5.74) is 4.55. The number of halogens is 1. The van der Waals surface area contributed by atoms with Crippen LogP contribution in [0.25, 0.3) is 0 Å². The van der Waals surface area contributed by atoms with Gasteiger partial charge in [0.2, 0.25) is 0 Å². The Hall–Kier alpha value is -2.43. The fourth-order valence-corrected chi connectivity index (χ4v) is 10.0. The Morgan fingerprint density at radius 3 is 2.08 bits per heavy atom. The van der Waals surface area contributed by atoms with Crippen molar-refractivity contribution in [3.63, 3.8) is 0 Å². The molecular weight excluding hydrogens is 635 g/mol. The molecule has 3 aromatic carbocycles. The van der Waals surface area contributed by atoms with Crippen LogP contribution >= 0.6 is 22.6 Å². The monoisotopic (exact) mass is 674 g/mol. The molecule has 6 nitrogen and oxygen atoms in total. The smallest absolute Gasteiger partial charge is 0.261 e. The van der Waals surface area contributed by atoms with Crippen molar-refractivity contribution < 1.29 is 29.6 Å². The number of ether oxygens (including phenoxy) is 1. The second kappa shape index (κ2) is 14.5. The predicted molar refractivity (Wildman–Crippen MR) is 170 cm³/mol. The van der Waals surface area contributed by atoms with Gasteiger partial charge in [-0.1, -0.05) is 81.4 Å². The molecule has 0 aliphatic rings. The van der Waals surface area contributed by atoms with Crippen molar-refractivity contribution >= 4 is 41.3 Å². The second-order valence-electron chi connectivity index (χ2n) is 10.7. The van der Waals surface area contributed by atoms with Crippen LogP contribution in [0.15, 0.2) is 90.2 Å². The maximum atomic E-state index is 10.8. The topological polar surface area (TPSA) is 99.4 Å². The molecule has 8 heteroatoms. The molecule has 0 fully saturated rings. The van der Waals surface area contributed by atoms with Crippen LogP contribution in [0.1, 0.15) is 45.3 Å². The Balaban J connectivity index is 1.97. The molecule has 0 aliphatic carbocycles. The first kappa shape index (κ1) is 32.1. The van der Waals surface area contributed by atoms with E-state index in [1.807, 2.05) is 59.0 Å². The first-order valence-electron chi connectivity index (χ1n) is 13.2. The number of phenols is 1. The molecule has 214 valence electrons. The van der Waals surface area contributed by atoms with Crippen LogP contribution in [0.5, 0.6) is 11.5 Å². The summed E-state index contributed by atoms with van der Waals surface area (Å²) in [7, 11) is -1.35. The van der Waals surface area contributed by atoms with Gasteiger partial charge >= 0.3 is 0 Å². The Morgan fingerprint density at radius 1 is 1.00 bits per heavy atom. The zero-order valence-corrected chi connectivity index (χ0v) is 26.6. The first-order chi connectivity index (χ1) is 19.0. The molecule has 0 saturated carbocycles. The summed E-state index contributed by atoms with van der Waals surface area (Å²) in [6.45, 7) is 6.43. The molecule has 0 unspecified atom stereocenters. The third-order valence-electron chi connectivity index (χ3n) is 6.88. The number of aliphatic hydroxyl groups excluding tert-OH is 3. The quantitative estimate of drug-likeness (QED) is 0.125. The van der Waals surface area contributed by atoms with Crippen LogP contribution in [0.2, 0.25) is 5.04 Å². The fraction of sp³-hybridized carbons (Fsp3) is 0.344. The zero-order chi connectivity index (χ0) is 29.3. The third-order valence-corrected chi connectivity index (χ3v) is 12.7.